The molecule has 184 valence electrons. The molecule has 0 saturated carbocycles. The van der Waals surface area contributed by atoms with Crippen LogP contribution in [-0.4, -0.2) is 30.2 Å². The van der Waals surface area contributed by atoms with E-state index in [2.05, 4.69) is 29.6 Å². The van der Waals surface area contributed by atoms with Crippen molar-refractivity contribution in [3.05, 3.63) is 107 Å². The number of carbonyl (C=O) groups is 2. The van der Waals surface area contributed by atoms with Crippen molar-refractivity contribution in [2.24, 2.45) is 0 Å². The van der Waals surface area contributed by atoms with Crippen LogP contribution >= 0.6 is 0 Å². The van der Waals surface area contributed by atoms with E-state index in [9.17, 15) is 9.59 Å². The number of benzene rings is 3. The SMILES string of the molecule is CCOC(c1ccccc1)(c1ccccc1)c1ccc(C(=O)NCCCCCCC(=O)NO)cc1. The summed E-state index contributed by atoms with van der Waals surface area (Å²) in [5.41, 5.74) is 4.47. The maximum absolute atomic E-state index is 12.7. The summed E-state index contributed by atoms with van der Waals surface area (Å²) in [6.07, 6.45) is 3.63. The minimum atomic E-state index is -0.779. The first-order valence-electron chi connectivity index (χ1n) is 12.2. The molecule has 0 aliphatic carbocycles. The third-order valence-corrected chi connectivity index (χ3v) is 6.02. The van der Waals surface area contributed by atoms with Crippen molar-refractivity contribution in [2.45, 2.75) is 44.6 Å². The Morgan fingerprint density at radius 2 is 1.31 bits per heavy atom. The standard InChI is InChI=1S/C29H34N2O4/c1-2-35-29(24-13-7-5-8-14-24,25-15-9-6-10-16-25)26-20-18-23(19-21-26)28(33)30-22-12-4-3-11-17-27(32)31-34/h5-10,13-16,18-21,34H,2-4,11-12,17,22H2,1H3,(H,30,33)(H,31,32). The normalized spacial score (nSPS) is 11.1. The Morgan fingerprint density at radius 1 is 0.771 bits per heavy atom. The number of unbranched alkanes of at least 4 members (excludes halogenated alkanes) is 3. The Morgan fingerprint density at radius 3 is 1.86 bits per heavy atom. The van der Waals surface area contributed by atoms with Crippen LogP contribution in [0, 0.1) is 0 Å². The van der Waals surface area contributed by atoms with E-state index >= 15 is 0 Å². The molecule has 0 unspecified atom stereocenters. The summed E-state index contributed by atoms with van der Waals surface area (Å²) in [7, 11) is 0. The number of carbonyl (C=O) groups excluding carboxylic acids is 2. The summed E-state index contributed by atoms with van der Waals surface area (Å²) in [6, 6.07) is 27.9. The lowest BCUT2D eigenvalue weighted by molar-refractivity contribution is -0.129. The first-order valence-corrected chi connectivity index (χ1v) is 12.2. The molecule has 6 heteroatoms. The van der Waals surface area contributed by atoms with Gasteiger partial charge in [0, 0.05) is 25.1 Å². The van der Waals surface area contributed by atoms with Gasteiger partial charge in [-0.2, -0.15) is 0 Å². The van der Waals surface area contributed by atoms with E-state index in [4.69, 9.17) is 9.94 Å². The highest BCUT2D eigenvalue weighted by atomic mass is 16.5. The molecule has 0 atom stereocenters. The van der Waals surface area contributed by atoms with E-state index in [0.717, 1.165) is 36.0 Å². The Bertz CT molecular complexity index is 1010. The minimum Gasteiger partial charge on any atom is -0.361 e. The highest BCUT2D eigenvalue weighted by molar-refractivity contribution is 5.94. The zero-order valence-electron chi connectivity index (χ0n) is 20.2. The number of hydrogen-bond acceptors (Lipinski definition) is 4. The fraction of sp³-hybridized carbons (Fsp3) is 0.310. The fourth-order valence-corrected chi connectivity index (χ4v) is 4.29. The summed E-state index contributed by atoms with van der Waals surface area (Å²) in [5, 5.41) is 11.5. The predicted octanol–water partition coefficient (Wildman–Crippen LogP) is 5.20. The van der Waals surface area contributed by atoms with Crippen LogP contribution in [0.25, 0.3) is 0 Å². The van der Waals surface area contributed by atoms with Crippen LogP contribution < -0.4 is 10.8 Å². The van der Waals surface area contributed by atoms with Gasteiger partial charge in [-0.1, -0.05) is 85.6 Å². The third kappa shape index (κ3) is 6.78. The van der Waals surface area contributed by atoms with Crippen LogP contribution in [0.1, 0.15) is 66.1 Å². The van der Waals surface area contributed by atoms with Gasteiger partial charge in [0.25, 0.3) is 5.91 Å². The molecule has 0 fully saturated rings. The second kappa shape index (κ2) is 13.4. The topological polar surface area (TPSA) is 87.7 Å². The number of ether oxygens (including phenoxy) is 1. The molecule has 0 heterocycles. The second-order valence-electron chi connectivity index (χ2n) is 8.38. The average molecular weight is 475 g/mol. The highest BCUT2D eigenvalue weighted by Gasteiger charge is 2.37. The first-order chi connectivity index (χ1) is 17.1. The molecule has 2 amide bonds. The Hall–Kier alpha value is -3.48. The van der Waals surface area contributed by atoms with Crippen molar-refractivity contribution in [1.82, 2.24) is 10.8 Å². The van der Waals surface area contributed by atoms with E-state index in [1.165, 1.54) is 0 Å². The first kappa shape index (κ1) is 26.1. The fourth-order valence-electron chi connectivity index (χ4n) is 4.29. The molecule has 3 aromatic rings. The van der Waals surface area contributed by atoms with Gasteiger partial charge in [-0.3, -0.25) is 14.8 Å². The summed E-state index contributed by atoms with van der Waals surface area (Å²) in [5.74, 6) is -0.479. The Kier molecular flexibility index (Phi) is 10.0. The van der Waals surface area contributed by atoms with E-state index in [-0.39, 0.29) is 11.8 Å². The van der Waals surface area contributed by atoms with Gasteiger partial charge >= 0.3 is 0 Å². The van der Waals surface area contributed by atoms with Crippen molar-refractivity contribution in [3.8, 4) is 0 Å². The van der Waals surface area contributed by atoms with Gasteiger partial charge in [0.1, 0.15) is 5.60 Å². The van der Waals surface area contributed by atoms with E-state index in [0.29, 0.717) is 31.6 Å². The van der Waals surface area contributed by atoms with Gasteiger partial charge in [0.15, 0.2) is 0 Å². The van der Waals surface area contributed by atoms with Crippen LogP contribution in [0.2, 0.25) is 0 Å². The van der Waals surface area contributed by atoms with Gasteiger partial charge in [-0.25, -0.2) is 5.48 Å². The zero-order chi connectivity index (χ0) is 24.9. The van der Waals surface area contributed by atoms with Gasteiger partial charge in [-0.05, 0) is 48.6 Å². The molecule has 0 radical (unpaired) electrons. The van der Waals surface area contributed by atoms with E-state index < -0.39 is 5.60 Å². The highest BCUT2D eigenvalue weighted by Crippen LogP contribution is 2.40. The molecule has 0 saturated heterocycles. The molecule has 3 aromatic carbocycles. The molecular weight excluding hydrogens is 440 g/mol. The van der Waals surface area contributed by atoms with E-state index in [1.807, 2.05) is 67.6 Å². The van der Waals surface area contributed by atoms with Gasteiger partial charge in [0.2, 0.25) is 5.91 Å². The molecule has 0 spiro atoms. The Labute approximate surface area is 207 Å². The number of hydrogen-bond donors (Lipinski definition) is 3. The largest absolute Gasteiger partial charge is 0.361 e. The smallest absolute Gasteiger partial charge is 0.251 e. The lowest BCUT2D eigenvalue weighted by atomic mass is 9.80. The summed E-state index contributed by atoms with van der Waals surface area (Å²) >= 11 is 0. The molecule has 0 aromatic heterocycles. The van der Waals surface area contributed by atoms with Crippen LogP contribution in [0.4, 0.5) is 0 Å². The quantitative estimate of drug-likeness (QED) is 0.138. The summed E-state index contributed by atoms with van der Waals surface area (Å²) < 4.78 is 6.48. The van der Waals surface area contributed by atoms with Gasteiger partial charge in [-0.15, -0.1) is 0 Å². The number of nitrogens with one attached hydrogen (secondary N) is 2. The molecule has 0 bridgehead atoms. The summed E-state index contributed by atoms with van der Waals surface area (Å²) in [4.78, 5) is 23.7. The maximum atomic E-state index is 12.7. The number of rotatable bonds is 13. The molecule has 0 aliphatic rings. The lowest BCUT2D eigenvalue weighted by Gasteiger charge is -2.35. The van der Waals surface area contributed by atoms with Crippen molar-refractivity contribution in [3.63, 3.8) is 0 Å². The average Bonchev–Trinajstić information content (AvgIpc) is 2.92. The summed E-state index contributed by atoms with van der Waals surface area (Å²) in [6.45, 7) is 3.09. The maximum Gasteiger partial charge on any atom is 0.251 e. The predicted molar refractivity (Wildman–Crippen MR) is 136 cm³/mol. The zero-order valence-corrected chi connectivity index (χ0v) is 20.2. The molecule has 35 heavy (non-hydrogen) atoms. The molecule has 6 nitrogen and oxygen atoms in total. The minimum absolute atomic E-state index is 0.113. The van der Waals surface area contributed by atoms with E-state index in [1.54, 1.807) is 5.48 Å². The molecule has 0 aliphatic heterocycles. The van der Waals surface area contributed by atoms with Gasteiger partial charge < -0.3 is 10.1 Å². The second-order valence-corrected chi connectivity index (χ2v) is 8.38. The molecule has 3 N–H and O–H groups in total. The van der Waals surface area contributed by atoms with Crippen LogP contribution in [-0.2, 0) is 15.1 Å². The van der Waals surface area contributed by atoms with Crippen molar-refractivity contribution in [2.75, 3.05) is 13.2 Å². The van der Waals surface area contributed by atoms with Crippen molar-refractivity contribution < 1.29 is 19.5 Å². The monoisotopic (exact) mass is 474 g/mol. The van der Waals surface area contributed by atoms with Crippen LogP contribution in [0.5, 0.6) is 0 Å². The van der Waals surface area contributed by atoms with Gasteiger partial charge in [0.05, 0.1) is 0 Å². The van der Waals surface area contributed by atoms with Crippen LogP contribution in [0.3, 0.4) is 0 Å². The molecule has 3 rings (SSSR count). The number of amides is 2. The lowest BCUT2D eigenvalue weighted by Crippen LogP contribution is -2.33. The Balaban J connectivity index is 1.70. The van der Waals surface area contributed by atoms with Crippen molar-refractivity contribution in [1.29, 1.82) is 0 Å². The molecular formula is C29H34N2O4. The van der Waals surface area contributed by atoms with Crippen LogP contribution in [0.15, 0.2) is 84.9 Å². The number of hydroxylamine groups is 1. The van der Waals surface area contributed by atoms with Crippen molar-refractivity contribution >= 4 is 11.8 Å². The third-order valence-electron chi connectivity index (χ3n) is 6.02.